The number of unbranched alkanes of at least 4 members (excludes halogenated alkanes) is 42. The average molecular weight is 1410 g/mol. The van der Waals surface area contributed by atoms with Crippen LogP contribution in [0, 0.1) is 0 Å². The molecule has 3 heterocycles. The lowest BCUT2D eigenvalue weighted by atomic mass is 9.88. The summed E-state index contributed by atoms with van der Waals surface area (Å²) in [4.78, 5) is 38.7. The second kappa shape index (κ2) is 55.3. The SMILES string of the molecule is CCCCCCCCCCCCCCCCCCCCCCCCCCCCCC(=O)NC(COC1OC(CO)C(OC2OC(CO)C(O)C(OC3(C(=O)O)CC(O)C(NC(C)=O)C(C(O)C(O)CO)O3)C2O)C(O)C1O)C(O)CCCCCCCCCCCCCCCCCCC. The van der Waals surface area contributed by atoms with Gasteiger partial charge < -0.3 is 100 Å². The van der Waals surface area contributed by atoms with Gasteiger partial charge in [-0.15, -0.1) is 0 Å². The summed E-state index contributed by atoms with van der Waals surface area (Å²) in [6, 6.07) is -2.52. The minimum absolute atomic E-state index is 0.230. The summed E-state index contributed by atoms with van der Waals surface area (Å²) in [6.07, 6.45) is 26.7. The van der Waals surface area contributed by atoms with Gasteiger partial charge in [0, 0.05) is 19.8 Å². The van der Waals surface area contributed by atoms with Crippen LogP contribution < -0.4 is 10.6 Å². The van der Waals surface area contributed by atoms with Crippen LogP contribution in [0.25, 0.3) is 0 Å². The number of hydrogen-bond acceptors (Lipinski definition) is 20. The first-order chi connectivity index (χ1) is 47.4. The lowest BCUT2D eigenvalue weighted by molar-refractivity contribution is -0.386. The number of aliphatic hydroxyl groups is 11. The van der Waals surface area contributed by atoms with Crippen LogP contribution in [0.4, 0.5) is 0 Å². The van der Waals surface area contributed by atoms with Crippen molar-refractivity contribution in [3.8, 4) is 0 Å². The number of aliphatic carboxylic acids is 1. The molecule has 3 aliphatic heterocycles. The second-order valence-corrected chi connectivity index (χ2v) is 28.9. The van der Waals surface area contributed by atoms with Crippen molar-refractivity contribution in [2.75, 3.05) is 26.4 Å². The van der Waals surface area contributed by atoms with Crippen molar-refractivity contribution in [1.29, 1.82) is 0 Å². The predicted molar refractivity (Wildman–Crippen MR) is 375 cm³/mol. The molecule has 3 aliphatic rings. The van der Waals surface area contributed by atoms with Crippen molar-refractivity contribution < 1.29 is 104 Å². The van der Waals surface area contributed by atoms with Crippen molar-refractivity contribution in [2.24, 2.45) is 0 Å². The standard InChI is InChI=1S/C75H142N2O21/c1-4-6-8-10-12-14-16-18-20-22-23-24-25-26-27-28-29-30-31-33-35-37-39-41-43-45-47-49-62(85)77-56(57(82)48-46-44-42-40-38-36-34-32-21-19-17-15-13-11-9-7-5-2)54-93-72-67(89)66(88)69(61(53-80)95-72)96-73-68(90)71(65(87)60(52-79)94-73)98-75(74(91)92)50-58(83)63(76-55(3)81)70(97-75)64(86)59(84)51-78/h56-61,63-73,78-80,82-84,86-90H,4-54H2,1-3H3,(H,76,81)(H,77,85)(H,91,92). The van der Waals surface area contributed by atoms with Gasteiger partial charge in [-0.25, -0.2) is 4.79 Å². The van der Waals surface area contributed by atoms with Gasteiger partial charge in [-0.2, -0.15) is 0 Å². The number of carboxylic acids is 1. The van der Waals surface area contributed by atoms with E-state index in [9.17, 15) is 75.7 Å². The van der Waals surface area contributed by atoms with E-state index in [4.69, 9.17) is 28.4 Å². The summed E-state index contributed by atoms with van der Waals surface area (Å²) in [5.41, 5.74) is 0. The molecule has 0 aromatic heterocycles. The van der Waals surface area contributed by atoms with Gasteiger partial charge in [0.05, 0.1) is 50.7 Å². The van der Waals surface area contributed by atoms with Crippen LogP contribution >= 0.6 is 0 Å². The van der Waals surface area contributed by atoms with Crippen LogP contribution in [0.15, 0.2) is 0 Å². The molecule has 3 rings (SSSR count). The molecule has 18 unspecified atom stereocenters. The highest BCUT2D eigenvalue weighted by molar-refractivity contribution is 5.77. The molecule has 2 amide bonds. The third-order valence-electron chi connectivity index (χ3n) is 20.3. The fourth-order valence-electron chi connectivity index (χ4n) is 14.1. The van der Waals surface area contributed by atoms with E-state index in [2.05, 4.69) is 24.5 Å². The minimum atomic E-state index is -3.08. The molecule has 18 atom stereocenters. The first kappa shape index (κ1) is 89.9. The van der Waals surface area contributed by atoms with Gasteiger partial charge in [0.15, 0.2) is 12.6 Å². The third kappa shape index (κ3) is 36.0. The van der Waals surface area contributed by atoms with Gasteiger partial charge >= 0.3 is 5.97 Å². The summed E-state index contributed by atoms with van der Waals surface area (Å²) < 4.78 is 35.0. The van der Waals surface area contributed by atoms with Crippen LogP contribution in [-0.4, -0.2) is 215 Å². The molecule has 0 spiro atoms. The zero-order valence-corrected chi connectivity index (χ0v) is 60.9. The molecule has 14 N–H and O–H groups in total. The number of carbonyl (C=O) groups excluding carboxylic acids is 2. The average Bonchev–Trinajstić information content (AvgIpc) is 0.756. The topological polar surface area (TPSA) is 373 Å². The smallest absolute Gasteiger partial charge is 0.364 e. The van der Waals surface area contributed by atoms with Crippen LogP contribution in [-0.2, 0) is 42.8 Å². The Kier molecular flexibility index (Phi) is 50.7. The van der Waals surface area contributed by atoms with E-state index >= 15 is 0 Å². The normalized spacial score (nSPS) is 27.2. The van der Waals surface area contributed by atoms with Gasteiger partial charge in [0.2, 0.25) is 11.8 Å². The number of carbonyl (C=O) groups is 3. The van der Waals surface area contributed by atoms with Crippen LogP contribution in [0.2, 0.25) is 0 Å². The first-order valence-corrected chi connectivity index (χ1v) is 39.4. The summed E-state index contributed by atoms with van der Waals surface area (Å²) in [7, 11) is 0. The van der Waals surface area contributed by atoms with Crippen LogP contribution in [0.1, 0.15) is 323 Å². The van der Waals surface area contributed by atoms with Crippen LogP contribution in [0.3, 0.4) is 0 Å². The van der Waals surface area contributed by atoms with Gasteiger partial charge in [0.1, 0.15) is 67.1 Å². The number of ether oxygens (including phenoxy) is 6. The lowest BCUT2D eigenvalue weighted by Gasteiger charge is -2.50. The Labute approximate surface area is 589 Å². The zero-order valence-electron chi connectivity index (χ0n) is 60.9. The van der Waals surface area contributed by atoms with Gasteiger partial charge in [-0.1, -0.05) is 290 Å². The quantitative estimate of drug-likeness (QED) is 0.0252. The molecule has 23 nitrogen and oxygen atoms in total. The second-order valence-electron chi connectivity index (χ2n) is 28.9. The predicted octanol–water partition coefficient (Wildman–Crippen LogP) is 9.63. The number of nitrogens with one attached hydrogen (secondary N) is 2. The van der Waals surface area contributed by atoms with Gasteiger partial charge in [0.25, 0.3) is 5.79 Å². The van der Waals surface area contributed by atoms with Crippen LogP contribution in [0.5, 0.6) is 0 Å². The van der Waals surface area contributed by atoms with Gasteiger partial charge in [-0.05, 0) is 12.8 Å². The fraction of sp³-hybridized carbons (Fsp3) is 0.960. The Morgan fingerprint density at radius 2 is 0.888 bits per heavy atom. The summed E-state index contributed by atoms with van der Waals surface area (Å²) in [6.45, 7) is 2.26. The lowest BCUT2D eigenvalue weighted by Crippen LogP contribution is -2.70. The summed E-state index contributed by atoms with van der Waals surface area (Å²) in [5.74, 6) is -6.09. The number of carboxylic acid groups (broad SMARTS) is 1. The zero-order chi connectivity index (χ0) is 71.8. The molecule has 0 aliphatic carbocycles. The largest absolute Gasteiger partial charge is 0.477 e. The van der Waals surface area contributed by atoms with E-state index in [1.54, 1.807) is 0 Å². The molecule has 0 bridgehead atoms. The number of hydrogen-bond donors (Lipinski definition) is 14. The van der Waals surface area contributed by atoms with E-state index in [0.29, 0.717) is 19.3 Å². The highest BCUT2D eigenvalue weighted by Crippen LogP contribution is 2.39. The molecular formula is C75H142N2O21. The van der Waals surface area contributed by atoms with Crippen molar-refractivity contribution in [1.82, 2.24) is 10.6 Å². The minimum Gasteiger partial charge on any atom is -0.477 e. The van der Waals surface area contributed by atoms with Crippen molar-refractivity contribution in [3.05, 3.63) is 0 Å². The van der Waals surface area contributed by atoms with Gasteiger partial charge in [-0.3, -0.25) is 9.59 Å². The summed E-state index contributed by atoms with van der Waals surface area (Å²) in [5, 5.41) is 136. The Morgan fingerprint density at radius 3 is 1.28 bits per heavy atom. The molecule has 23 heteroatoms. The highest BCUT2D eigenvalue weighted by atomic mass is 16.8. The van der Waals surface area contributed by atoms with E-state index in [1.807, 2.05) is 0 Å². The number of rotatable bonds is 62. The number of amides is 2. The molecule has 0 saturated carbocycles. The highest BCUT2D eigenvalue weighted by Gasteiger charge is 2.60. The Morgan fingerprint density at radius 1 is 0.490 bits per heavy atom. The molecule has 0 radical (unpaired) electrons. The van der Waals surface area contributed by atoms with E-state index in [0.717, 1.165) is 51.9 Å². The monoisotopic (exact) mass is 1410 g/mol. The summed E-state index contributed by atoms with van der Waals surface area (Å²) >= 11 is 0. The van der Waals surface area contributed by atoms with Crippen molar-refractivity contribution in [2.45, 2.75) is 432 Å². The number of aliphatic hydroxyl groups excluding tert-OH is 11. The fourth-order valence-corrected chi connectivity index (χ4v) is 14.1. The molecule has 98 heavy (non-hydrogen) atoms. The third-order valence-corrected chi connectivity index (χ3v) is 20.3. The molecule has 578 valence electrons. The van der Waals surface area contributed by atoms with Crippen molar-refractivity contribution in [3.63, 3.8) is 0 Å². The maximum absolute atomic E-state index is 13.5. The van der Waals surface area contributed by atoms with E-state index < -0.39 is 148 Å². The Hall–Kier alpha value is -2.27. The Balaban J connectivity index is 1.51. The Bertz CT molecular complexity index is 1970. The van der Waals surface area contributed by atoms with E-state index in [-0.39, 0.29) is 18.9 Å². The molecule has 3 saturated heterocycles. The van der Waals surface area contributed by atoms with Crippen molar-refractivity contribution >= 4 is 17.8 Å². The van der Waals surface area contributed by atoms with E-state index in [1.165, 1.54) is 225 Å². The molecule has 3 fully saturated rings. The molecular weight excluding hydrogens is 1260 g/mol. The molecule has 0 aromatic rings. The maximum atomic E-state index is 13.5. The molecule has 0 aromatic carbocycles. The maximum Gasteiger partial charge on any atom is 0.364 e. The first-order valence-electron chi connectivity index (χ1n) is 39.4.